The molecule has 0 unspecified atom stereocenters. The number of non-ortho nitro benzene ring substituents is 1. The minimum Gasteiger partial charge on any atom is -0.383 e. The van der Waals surface area contributed by atoms with E-state index in [-0.39, 0.29) is 11.3 Å². The van der Waals surface area contributed by atoms with Gasteiger partial charge in [0.15, 0.2) is 6.33 Å². The monoisotopic (exact) mass is 259 g/mol. The second-order valence-corrected chi connectivity index (χ2v) is 3.61. The van der Waals surface area contributed by atoms with Crippen LogP contribution in [0.3, 0.4) is 0 Å². The number of nitrogens with zero attached hydrogens (tertiary/aromatic N) is 4. The van der Waals surface area contributed by atoms with Gasteiger partial charge in [-0.15, -0.1) is 0 Å². The van der Waals surface area contributed by atoms with Crippen molar-refractivity contribution in [3.05, 3.63) is 46.1 Å². The predicted molar refractivity (Wildman–Crippen MR) is 64.3 cm³/mol. The molecular weight excluding hydrogens is 250 g/mol. The third-order valence-corrected chi connectivity index (χ3v) is 2.40. The third-order valence-electron chi connectivity index (χ3n) is 2.40. The summed E-state index contributed by atoms with van der Waals surface area (Å²) < 4.78 is 4.82. The Morgan fingerprint density at radius 2 is 2.37 bits per heavy atom. The van der Waals surface area contributed by atoms with Crippen molar-refractivity contribution in [1.29, 1.82) is 5.26 Å². The first-order chi connectivity index (χ1) is 9.20. The SMILES string of the molecule is N#Cc1cc([N+](=O)[O-])ccc1NCCc1ncno1. The first kappa shape index (κ1) is 12.5. The average molecular weight is 259 g/mol. The van der Waals surface area contributed by atoms with Crippen LogP contribution in [0.4, 0.5) is 11.4 Å². The van der Waals surface area contributed by atoms with Crippen molar-refractivity contribution in [3.63, 3.8) is 0 Å². The summed E-state index contributed by atoms with van der Waals surface area (Å²) in [7, 11) is 0. The lowest BCUT2D eigenvalue weighted by Gasteiger charge is -2.06. The zero-order chi connectivity index (χ0) is 13.7. The standard InChI is InChI=1S/C11H9N5O3/c12-6-8-5-9(16(17)18)1-2-10(8)13-4-3-11-14-7-15-19-11/h1-2,5,7,13H,3-4H2. The Kier molecular flexibility index (Phi) is 3.68. The molecule has 1 N–H and O–H groups in total. The van der Waals surface area contributed by atoms with Gasteiger partial charge in [-0.1, -0.05) is 5.16 Å². The maximum atomic E-state index is 10.6. The van der Waals surface area contributed by atoms with Crippen LogP contribution in [-0.2, 0) is 6.42 Å². The topological polar surface area (TPSA) is 118 Å². The van der Waals surface area contributed by atoms with Gasteiger partial charge < -0.3 is 9.84 Å². The number of nitriles is 1. The van der Waals surface area contributed by atoms with Crippen LogP contribution in [0.15, 0.2) is 29.0 Å². The van der Waals surface area contributed by atoms with Crippen molar-refractivity contribution >= 4 is 11.4 Å². The average Bonchev–Trinajstić information content (AvgIpc) is 2.92. The smallest absolute Gasteiger partial charge is 0.270 e. The Balaban J connectivity index is 2.04. The van der Waals surface area contributed by atoms with E-state index in [0.717, 1.165) is 0 Å². The Morgan fingerprint density at radius 1 is 1.53 bits per heavy atom. The molecule has 0 aliphatic carbocycles. The number of rotatable bonds is 5. The summed E-state index contributed by atoms with van der Waals surface area (Å²) in [5, 5.41) is 26.0. The number of hydrogen-bond acceptors (Lipinski definition) is 7. The maximum Gasteiger partial charge on any atom is 0.270 e. The van der Waals surface area contributed by atoms with Crippen molar-refractivity contribution in [2.24, 2.45) is 0 Å². The van der Waals surface area contributed by atoms with Gasteiger partial charge in [0.1, 0.15) is 6.07 Å². The highest BCUT2D eigenvalue weighted by Crippen LogP contribution is 2.21. The summed E-state index contributed by atoms with van der Waals surface area (Å²) in [6.45, 7) is 0.481. The molecule has 19 heavy (non-hydrogen) atoms. The molecule has 1 aromatic carbocycles. The van der Waals surface area contributed by atoms with E-state index >= 15 is 0 Å². The van der Waals surface area contributed by atoms with Crippen molar-refractivity contribution in [3.8, 4) is 6.07 Å². The van der Waals surface area contributed by atoms with Gasteiger partial charge in [0.2, 0.25) is 5.89 Å². The Hall–Kier alpha value is -2.95. The molecule has 1 aromatic heterocycles. The summed E-state index contributed by atoms with van der Waals surface area (Å²) in [6, 6.07) is 5.99. The van der Waals surface area contributed by atoms with E-state index in [2.05, 4.69) is 15.5 Å². The van der Waals surface area contributed by atoms with E-state index in [1.54, 1.807) is 0 Å². The van der Waals surface area contributed by atoms with Crippen molar-refractivity contribution in [2.75, 3.05) is 11.9 Å². The lowest BCUT2D eigenvalue weighted by atomic mass is 10.1. The summed E-state index contributed by atoms with van der Waals surface area (Å²) in [5.74, 6) is 0.480. The molecule has 1 heterocycles. The number of benzene rings is 1. The molecule has 0 saturated carbocycles. The highest BCUT2D eigenvalue weighted by atomic mass is 16.6. The Morgan fingerprint density at radius 3 is 3.00 bits per heavy atom. The molecule has 0 radical (unpaired) electrons. The second-order valence-electron chi connectivity index (χ2n) is 3.61. The second kappa shape index (κ2) is 5.59. The number of hydrogen-bond donors (Lipinski definition) is 1. The van der Waals surface area contributed by atoms with Crippen molar-refractivity contribution in [2.45, 2.75) is 6.42 Å². The van der Waals surface area contributed by atoms with Crippen LogP contribution < -0.4 is 5.32 Å². The third kappa shape index (κ3) is 3.04. The first-order valence-corrected chi connectivity index (χ1v) is 5.38. The highest BCUT2D eigenvalue weighted by molar-refractivity contribution is 5.61. The van der Waals surface area contributed by atoms with Crippen molar-refractivity contribution in [1.82, 2.24) is 10.1 Å². The predicted octanol–water partition coefficient (Wildman–Crippen LogP) is 1.50. The maximum absolute atomic E-state index is 10.6. The molecule has 8 heteroatoms. The fraction of sp³-hybridized carbons (Fsp3) is 0.182. The van der Waals surface area contributed by atoms with Gasteiger partial charge in [-0.05, 0) is 6.07 Å². The summed E-state index contributed by atoms with van der Waals surface area (Å²) >= 11 is 0. The Bertz CT molecular complexity index is 618. The van der Waals surface area contributed by atoms with Crippen LogP contribution in [0.25, 0.3) is 0 Å². The normalized spacial score (nSPS) is 9.84. The quantitative estimate of drug-likeness (QED) is 0.638. The van der Waals surface area contributed by atoms with Crippen LogP contribution in [0.2, 0.25) is 0 Å². The van der Waals surface area contributed by atoms with E-state index < -0.39 is 4.92 Å². The summed E-state index contributed by atoms with van der Waals surface area (Å²) in [4.78, 5) is 13.9. The number of nitro groups is 1. The van der Waals surface area contributed by atoms with Crippen LogP contribution in [0.5, 0.6) is 0 Å². The fourth-order valence-corrected chi connectivity index (χ4v) is 1.50. The van der Waals surface area contributed by atoms with Gasteiger partial charge in [-0.2, -0.15) is 10.2 Å². The lowest BCUT2D eigenvalue weighted by molar-refractivity contribution is -0.384. The molecule has 0 aliphatic heterocycles. The molecule has 2 aromatic rings. The zero-order valence-corrected chi connectivity index (χ0v) is 9.74. The molecule has 0 amide bonds. The van der Waals surface area contributed by atoms with Gasteiger partial charge in [0.05, 0.1) is 16.2 Å². The number of nitrogens with one attached hydrogen (secondary N) is 1. The molecule has 0 saturated heterocycles. The highest BCUT2D eigenvalue weighted by Gasteiger charge is 2.10. The van der Waals surface area contributed by atoms with E-state index in [4.69, 9.17) is 9.78 Å². The molecule has 0 atom stereocenters. The van der Waals surface area contributed by atoms with Gasteiger partial charge in [0.25, 0.3) is 5.69 Å². The Labute approximate surface area is 107 Å². The molecule has 0 bridgehead atoms. The molecule has 96 valence electrons. The molecule has 8 nitrogen and oxygen atoms in total. The van der Waals surface area contributed by atoms with Crippen LogP contribution in [0, 0.1) is 21.4 Å². The summed E-state index contributed by atoms with van der Waals surface area (Å²) in [6.07, 6.45) is 1.81. The van der Waals surface area contributed by atoms with E-state index in [1.165, 1.54) is 24.5 Å². The minimum absolute atomic E-state index is 0.112. The number of anilines is 1. The van der Waals surface area contributed by atoms with Crippen LogP contribution >= 0.6 is 0 Å². The molecule has 0 spiro atoms. The van der Waals surface area contributed by atoms with E-state index in [9.17, 15) is 10.1 Å². The van der Waals surface area contributed by atoms with E-state index in [0.29, 0.717) is 24.5 Å². The molecule has 0 aliphatic rings. The van der Waals surface area contributed by atoms with Gasteiger partial charge >= 0.3 is 0 Å². The minimum atomic E-state index is -0.539. The zero-order valence-electron chi connectivity index (χ0n) is 9.74. The molecular formula is C11H9N5O3. The molecule has 2 rings (SSSR count). The van der Waals surface area contributed by atoms with Crippen LogP contribution in [0.1, 0.15) is 11.5 Å². The van der Waals surface area contributed by atoms with Gasteiger partial charge in [-0.3, -0.25) is 10.1 Å². The van der Waals surface area contributed by atoms with Gasteiger partial charge in [-0.25, -0.2) is 0 Å². The lowest BCUT2D eigenvalue weighted by Crippen LogP contribution is -2.06. The number of nitro benzene ring substituents is 1. The largest absolute Gasteiger partial charge is 0.383 e. The van der Waals surface area contributed by atoms with E-state index in [1.807, 2.05) is 6.07 Å². The van der Waals surface area contributed by atoms with Gasteiger partial charge in [0, 0.05) is 25.1 Å². The number of aromatic nitrogens is 2. The summed E-state index contributed by atoms with van der Waals surface area (Å²) in [5.41, 5.74) is 0.645. The van der Waals surface area contributed by atoms with Crippen LogP contribution in [-0.4, -0.2) is 21.6 Å². The first-order valence-electron chi connectivity index (χ1n) is 5.38. The fourth-order valence-electron chi connectivity index (χ4n) is 1.50. The van der Waals surface area contributed by atoms with Crippen molar-refractivity contribution < 1.29 is 9.45 Å². The molecule has 0 fully saturated rings.